The van der Waals surface area contributed by atoms with E-state index in [1.807, 2.05) is 12.1 Å². The van der Waals surface area contributed by atoms with Crippen LogP contribution in [-0.2, 0) is 4.74 Å². The quantitative estimate of drug-likeness (QED) is 0.820. The Morgan fingerprint density at radius 1 is 1.40 bits per heavy atom. The Balaban J connectivity index is 2.00. The molecule has 1 aromatic carbocycles. The summed E-state index contributed by atoms with van der Waals surface area (Å²) in [5, 5.41) is 0.656. The lowest BCUT2D eigenvalue weighted by Gasteiger charge is -2.23. The second-order valence-corrected chi connectivity index (χ2v) is 4.75. The summed E-state index contributed by atoms with van der Waals surface area (Å²) in [5.41, 5.74) is 0. The molecule has 0 bridgehead atoms. The van der Waals surface area contributed by atoms with Crippen molar-refractivity contribution in [2.45, 2.75) is 25.6 Å². The molecule has 0 saturated carbocycles. The largest absolute Gasteiger partial charge is 0.465 e. The van der Waals surface area contributed by atoms with Gasteiger partial charge in [-0.05, 0) is 40.9 Å². The third kappa shape index (κ3) is 3.10. The molecule has 0 N–H and O–H groups in total. The zero-order valence-electron chi connectivity index (χ0n) is 8.21. The van der Waals surface area contributed by atoms with Gasteiger partial charge in [0.2, 0.25) is 0 Å². The van der Waals surface area contributed by atoms with E-state index in [0.717, 1.165) is 36.1 Å². The molecule has 0 radical (unpaired) electrons. The van der Waals surface area contributed by atoms with Crippen molar-refractivity contribution in [1.82, 2.24) is 0 Å². The summed E-state index contributed by atoms with van der Waals surface area (Å²) in [7, 11) is 0. The molecule has 2 nitrogen and oxygen atoms in total. The Kier molecular flexibility index (Phi) is 3.89. The lowest BCUT2D eigenvalue weighted by Crippen LogP contribution is -2.24. The van der Waals surface area contributed by atoms with Crippen molar-refractivity contribution in [2.24, 2.45) is 0 Å². The summed E-state index contributed by atoms with van der Waals surface area (Å²) in [6, 6.07) is 5.55. The van der Waals surface area contributed by atoms with Gasteiger partial charge in [0.05, 0.1) is 11.6 Å². The van der Waals surface area contributed by atoms with E-state index in [1.54, 1.807) is 6.07 Å². The standard InChI is InChI=1S/C11H12BrClO2/c12-9-5-4-8(7-10(9)13)15-11-3-1-2-6-14-11/h4-5,7,11H,1-3,6H2. The van der Waals surface area contributed by atoms with Crippen molar-refractivity contribution in [3.8, 4) is 5.75 Å². The van der Waals surface area contributed by atoms with Crippen LogP contribution in [0.2, 0.25) is 5.02 Å². The van der Waals surface area contributed by atoms with E-state index in [0.29, 0.717) is 5.02 Å². The zero-order valence-corrected chi connectivity index (χ0v) is 10.6. The minimum absolute atomic E-state index is 0.115. The van der Waals surface area contributed by atoms with Crippen LogP contribution in [0, 0.1) is 0 Å². The number of halogens is 2. The molecule has 15 heavy (non-hydrogen) atoms. The second kappa shape index (κ2) is 5.19. The minimum atomic E-state index is -0.115. The third-order valence-electron chi connectivity index (χ3n) is 2.30. The van der Waals surface area contributed by atoms with Crippen molar-refractivity contribution in [3.63, 3.8) is 0 Å². The molecule has 1 heterocycles. The molecule has 0 spiro atoms. The molecule has 1 saturated heterocycles. The van der Waals surface area contributed by atoms with Gasteiger partial charge in [-0.1, -0.05) is 11.6 Å². The van der Waals surface area contributed by atoms with Crippen LogP contribution in [0.1, 0.15) is 19.3 Å². The Labute approximate surface area is 103 Å². The van der Waals surface area contributed by atoms with Gasteiger partial charge in [-0.25, -0.2) is 0 Å². The molecule has 0 aromatic heterocycles. The van der Waals surface area contributed by atoms with Gasteiger partial charge in [0.15, 0.2) is 6.29 Å². The summed E-state index contributed by atoms with van der Waals surface area (Å²) >= 11 is 9.30. The van der Waals surface area contributed by atoms with Crippen molar-refractivity contribution in [2.75, 3.05) is 6.61 Å². The number of hydrogen-bond acceptors (Lipinski definition) is 2. The summed E-state index contributed by atoms with van der Waals surface area (Å²) < 4.78 is 12.0. The van der Waals surface area contributed by atoms with E-state index in [2.05, 4.69) is 15.9 Å². The Bertz CT molecular complexity index is 337. The molecule has 0 amide bonds. The molecule has 1 aliphatic rings. The van der Waals surface area contributed by atoms with Gasteiger partial charge < -0.3 is 9.47 Å². The zero-order chi connectivity index (χ0) is 10.7. The number of hydrogen-bond donors (Lipinski definition) is 0. The molecule has 82 valence electrons. The van der Waals surface area contributed by atoms with Gasteiger partial charge >= 0.3 is 0 Å². The number of benzene rings is 1. The monoisotopic (exact) mass is 290 g/mol. The first-order chi connectivity index (χ1) is 7.25. The van der Waals surface area contributed by atoms with E-state index in [1.165, 1.54) is 0 Å². The average Bonchev–Trinajstić information content (AvgIpc) is 2.25. The van der Waals surface area contributed by atoms with E-state index < -0.39 is 0 Å². The number of ether oxygens (including phenoxy) is 2. The summed E-state index contributed by atoms with van der Waals surface area (Å²) in [5.74, 6) is 0.759. The Hall–Kier alpha value is -0.250. The highest BCUT2D eigenvalue weighted by Crippen LogP contribution is 2.28. The van der Waals surface area contributed by atoms with Crippen molar-refractivity contribution in [3.05, 3.63) is 27.7 Å². The first kappa shape index (κ1) is 11.2. The summed E-state index contributed by atoms with van der Waals surface area (Å²) in [6.07, 6.45) is 3.12. The average molecular weight is 292 g/mol. The summed E-state index contributed by atoms with van der Waals surface area (Å²) in [4.78, 5) is 0. The maximum absolute atomic E-state index is 5.96. The molecular formula is C11H12BrClO2. The van der Waals surface area contributed by atoms with Gasteiger partial charge in [0.1, 0.15) is 5.75 Å². The molecule has 1 unspecified atom stereocenters. The van der Waals surface area contributed by atoms with Crippen LogP contribution in [0.4, 0.5) is 0 Å². The van der Waals surface area contributed by atoms with E-state index in [-0.39, 0.29) is 6.29 Å². The molecule has 1 aliphatic heterocycles. The fourth-order valence-electron chi connectivity index (χ4n) is 1.51. The smallest absolute Gasteiger partial charge is 0.199 e. The molecule has 4 heteroatoms. The third-order valence-corrected chi connectivity index (χ3v) is 3.53. The first-order valence-corrected chi connectivity index (χ1v) is 6.16. The van der Waals surface area contributed by atoms with Crippen LogP contribution < -0.4 is 4.74 Å². The van der Waals surface area contributed by atoms with Gasteiger partial charge in [0.25, 0.3) is 0 Å². The minimum Gasteiger partial charge on any atom is -0.465 e. The predicted octanol–water partition coefficient (Wildman–Crippen LogP) is 4.01. The van der Waals surface area contributed by atoms with E-state index in [9.17, 15) is 0 Å². The van der Waals surface area contributed by atoms with Crippen molar-refractivity contribution >= 4 is 27.5 Å². The van der Waals surface area contributed by atoms with E-state index >= 15 is 0 Å². The topological polar surface area (TPSA) is 18.5 Å². The van der Waals surface area contributed by atoms with Gasteiger partial charge in [0, 0.05) is 17.0 Å². The van der Waals surface area contributed by atoms with Crippen LogP contribution in [0.5, 0.6) is 5.75 Å². The normalized spacial score (nSPS) is 21.3. The van der Waals surface area contributed by atoms with E-state index in [4.69, 9.17) is 21.1 Å². The van der Waals surface area contributed by atoms with Gasteiger partial charge in [-0.3, -0.25) is 0 Å². The Morgan fingerprint density at radius 2 is 2.27 bits per heavy atom. The maximum Gasteiger partial charge on any atom is 0.199 e. The van der Waals surface area contributed by atoms with Crippen LogP contribution in [0.15, 0.2) is 22.7 Å². The maximum atomic E-state index is 5.96. The molecule has 1 atom stereocenters. The van der Waals surface area contributed by atoms with Crippen LogP contribution in [0.3, 0.4) is 0 Å². The fraction of sp³-hybridized carbons (Fsp3) is 0.455. The highest BCUT2D eigenvalue weighted by atomic mass is 79.9. The molecule has 1 fully saturated rings. The highest BCUT2D eigenvalue weighted by Gasteiger charge is 2.15. The van der Waals surface area contributed by atoms with Gasteiger partial charge in [-0.15, -0.1) is 0 Å². The van der Waals surface area contributed by atoms with Crippen LogP contribution in [-0.4, -0.2) is 12.9 Å². The van der Waals surface area contributed by atoms with Gasteiger partial charge in [-0.2, -0.15) is 0 Å². The molecular weight excluding hydrogens is 279 g/mol. The number of rotatable bonds is 2. The summed E-state index contributed by atoms with van der Waals surface area (Å²) in [6.45, 7) is 0.787. The Morgan fingerprint density at radius 3 is 2.93 bits per heavy atom. The van der Waals surface area contributed by atoms with Crippen molar-refractivity contribution in [1.29, 1.82) is 0 Å². The molecule has 2 rings (SSSR count). The predicted molar refractivity (Wildman–Crippen MR) is 63.4 cm³/mol. The van der Waals surface area contributed by atoms with Crippen LogP contribution >= 0.6 is 27.5 Å². The first-order valence-electron chi connectivity index (χ1n) is 4.99. The molecule has 1 aromatic rings. The highest BCUT2D eigenvalue weighted by molar-refractivity contribution is 9.10. The fourth-order valence-corrected chi connectivity index (χ4v) is 1.92. The van der Waals surface area contributed by atoms with Crippen LogP contribution in [0.25, 0.3) is 0 Å². The SMILES string of the molecule is Clc1cc(OC2CCCCO2)ccc1Br. The van der Waals surface area contributed by atoms with Crippen molar-refractivity contribution < 1.29 is 9.47 Å². The second-order valence-electron chi connectivity index (χ2n) is 3.49. The lowest BCUT2D eigenvalue weighted by molar-refractivity contribution is -0.105. The molecule has 0 aliphatic carbocycles. The lowest BCUT2D eigenvalue weighted by atomic mass is 10.2.